The van der Waals surface area contributed by atoms with E-state index in [-0.39, 0.29) is 22.9 Å². The van der Waals surface area contributed by atoms with E-state index in [0.717, 1.165) is 18.8 Å². The third-order valence-electron chi connectivity index (χ3n) is 7.10. The molecular weight excluding hydrogens is 584 g/mol. The molecule has 0 radical (unpaired) electrons. The molecule has 0 aliphatic carbocycles. The maximum atomic E-state index is 12.9. The van der Waals surface area contributed by atoms with Gasteiger partial charge in [0.2, 0.25) is 0 Å². The molecule has 5 nitrogen and oxygen atoms in total. The molecule has 0 saturated carbocycles. The highest BCUT2D eigenvalue weighted by Gasteiger charge is 2.12. The number of ether oxygens (including phenoxy) is 2. The number of nitrogens with one attached hydrogen (secondary N) is 1. The molecule has 0 atom stereocenters. The topological polar surface area (TPSA) is 50.8 Å². The first-order chi connectivity index (χ1) is 19.1. The van der Waals surface area contributed by atoms with Crippen molar-refractivity contribution < 1.29 is 14.3 Å². The van der Waals surface area contributed by atoms with E-state index in [0.29, 0.717) is 29.4 Å². The van der Waals surface area contributed by atoms with Crippen LogP contribution in [0.15, 0.2) is 53.6 Å². The number of methoxy groups -OCH3 is 1. The van der Waals surface area contributed by atoms with Crippen LogP contribution in [0.5, 0.6) is 11.5 Å². The molecule has 222 valence electrons. The number of anilines is 1. The van der Waals surface area contributed by atoms with E-state index in [1.54, 1.807) is 7.11 Å². The molecule has 1 aliphatic heterocycles. The van der Waals surface area contributed by atoms with Gasteiger partial charge in [-0.05, 0) is 48.1 Å². The Morgan fingerprint density at radius 3 is 2.08 bits per heavy atom. The number of hydrogen-bond donors (Lipinski definition) is 1. The van der Waals surface area contributed by atoms with Gasteiger partial charge in [0.15, 0.2) is 11.5 Å². The van der Waals surface area contributed by atoms with Gasteiger partial charge in [-0.2, -0.15) is 0 Å². The number of unbranched alkanes of at least 4 members (excludes halogenated alkanes) is 11. The average molecular weight is 634 g/mol. The van der Waals surface area contributed by atoms with E-state index < -0.39 is 0 Å². The van der Waals surface area contributed by atoms with Crippen molar-refractivity contribution in [3.63, 3.8) is 0 Å². The van der Waals surface area contributed by atoms with Crippen LogP contribution in [0.25, 0.3) is 0 Å². The Labute approximate surface area is 257 Å². The molecule has 0 fully saturated rings. The highest BCUT2D eigenvalue weighted by atomic mass is 79.9. The molecule has 0 aromatic heterocycles. The molecular formula is C33H49BrN2O3S. The van der Waals surface area contributed by atoms with E-state index in [4.69, 9.17) is 9.47 Å². The minimum atomic E-state index is -0.133. The number of carbonyl (C=O) groups excluding carboxylic acids is 1. The summed E-state index contributed by atoms with van der Waals surface area (Å²) in [4.78, 5) is 16.5. The molecule has 0 spiro atoms. The Morgan fingerprint density at radius 1 is 0.875 bits per heavy atom. The zero-order chi connectivity index (χ0) is 27.7. The standard InChI is InChI=1S/C33H48N2O3S.BrH/c1-4-5-6-7-8-9-10-11-12-13-14-15-22-38-32-23-30(20-21-31(32)37-3)34-33(36)29-18-16-28(17-19-29)25-35-24-27(2)39-26-35;/h16-21,23-24H,4-15,22,25-26H2,1-3H3,(H,34,36);1H. The lowest BCUT2D eigenvalue weighted by molar-refractivity contribution is 0.102. The molecule has 1 heterocycles. The molecule has 2 aromatic carbocycles. The van der Waals surface area contributed by atoms with Crippen molar-refractivity contribution in [2.75, 3.05) is 24.9 Å². The van der Waals surface area contributed by atoms with Crippen molar-refractivity contribution in [1.82, 2.24) is 4.90 Å². The molecule has 1 amide bonds. The second-order valence-electron chi connectivity index (χ2n) is 10.5. The van der Waals surface area contributed by atoms with Crippen LogP contribution in [-0.2, 0) is 6.54 Å². The minimum absolute atomic E-state index is 0. The van der Waals surface area contributed by atoms with Crippen LogP contribution in [0.1, 0.15) is 107 Å². The molecule has 1 N–H and O–H groups in total. The van der Waals surface area contributed by atoms with Crippen molar-refractivity contribution in [2.45, 2.75) is 97.4 Å². The lowest BCUT2D eigenvalue weighted by Gasteiger charge is -2.15. The summed E-state index contributed by atoms with van der Waals surface area (Å²) in [6.45, 7) is 5.91. The Balaban J connectivity index is 0.00000560. The molecule has 2 aromatic rings. The number of carbonyl (C=O) groups is 1. The first kappa shape index (κ1) is 34.1. The molecule has 0 bridgehead atoms. The van der Waals surface area contributed by atoms with Crippen molar-refractivity contribution >= 4 is 40.3 Å². The van der Waals surface area contributed by atoms with Crippen LogP contribution in [0.3, 0.4) is 0 Å². The Kier molecular flexibility index (Phi) is 16.9. The normalized spacial score (nSPS) is 12.6. The second kappa shape index (κ2) is 19.9. The highest BCUT2D eigenvalue weighted by Crippen LogP contribution is 2.31. The van der Waals surface area contributed by atoms with Crippen LogP contribution in [0.4, 0.5) is 5.69 Å². The third kappa shape index (κ3) is 12.6. The van der Waals surface area contributed by atoms with E-state index in [1.807, 2.05) is 54.2 Å². The predicted molar refractivity (Wildman–Crippen MR) is 176 cm³/mol. The van der Waals surface area contributed by atoms with Gasteiger partial charge in [-0.25, -0.2) is 0 Å². The van der Waals surface area contributed by atoms with Gasteiger partial charge in [-0.1, -0.05) is 89.7 Å². The number of nitrogens with zero attached hydrogens (tertiary/aromatic N) is 1. The lowest BCUT2D eigenvalue weighted by Crippen LogP contribution is -2.14. The van der Waals surface area contributed by atoms with Crippen molar-refractivity contribution in [3.05, 3.63) is 64.7 Å². The Hall–Kier alpha value is -2.12. The Bertz CT molecular complexity index is 1030. The maximum absolute atomic E-state index is 12.9. The summed E-state index contributed by atoms with van der Waals surface area (Å²) in [5.41, 5.74) is 2.52. The summed E-state index contributed by atoms with van der Waals surface area (Å²) in [7, 11) is 1.64. The number of benzene rings is 2. The van der Waals surface area contributed by atoms with E-state index in [2.05, 4.69) is 30.3 Å². The summed E-state index contributed by atoms with van der Waals surface area (Å²) in [5, 5.41) is 3.00. The fraction of sp³-hybridized carbons (Fsp3) is 0.545. The molecule has 0 unspecified atom stereocenters. The number of thioether (sulfide) groups is 1. The van der Waals surface area contributed by atoms with Gasteiger partial charge in [-0.15, -0.1) is 28.7 Å². The summed E-state index contributed by atoms with van der Waals surface area (Å²) in [6, 6.07) is 13.4. The fourth-order valence-electron chi connectivity index (χ4n) is 4.80. The summed E-state index contributed by atoms with van der Waals surface area (Å²) >= 11 is 1.85. The second-order valence-corrected chi connectivity index (χ2v) is 11.7. The minimum Gasteiger partial charge on any atom is -0.493 e. The first-order valence-corrected chi connectivity index (χ1v) is 15.8. The van der Waals surface area contributed by atoms with Gasteiger partial charge in [0.1, 0.15) is 0 Å². The number of allylic oxidation sites excluding steroid dienone is 1. The van der Waals surface area contributed by atoms with E-state index in [9.17, 15) is 4.79 Å². The summed E-state index contributed by atoms with van der Waals surface area (Å²) < 4.78 is 11.5. The number of rotatable bonds is 19. The zero-order valence-corrected chi connectivity index (χ0v) is 27.2. The van der Waals surface area contributed by atoms with Gasteiger partial charge in [0.05, 0.1) is 19.6 Å². The predicted octanol–water partition coefficient (Wildman–Crippen LogP) is 9.97. The van der Waals surface area contributed by atoms with Gasteiger partial charge >= 0.3 is 0 Å². The average Bonchev–Trinajstić information content (AvgIpc) is 3.36. The van der Waals surface area contributed by atoms with Gasteiger partial charge < -0.3 is 19.7 Å². The summed E-state index contributed by atoms with van der Waals surface area (Å²) in [5.74, 6) is 2.20. The smallest absolute Gasteiger partial charge is 0.255 e. The quantitative estimate of drug-likeness (QED) is 0.156. The zero-order valence-electron chi connectivity index (χ0n) is 24.7. The monoisotopic (exact) mass is 632 g/mol. The SMILES string of the molecule is Br.CCCCCCCCCCCCCCOc1cc(NC(=O)c2ccc(CN3C=C(C)SC3)cc2)ccc1OC. The maximum Gasteiger partial charge on any atom is 0.255 e. The molecule has 3 rings (SSSR count). The molecule has 7 heteroatoms. The van der Waals surface area contributed by atoms with E-state index >= 15 is 0 Å². The first-order valence-electron chi connectivity index (χ1n) is 14.9. The number of hydrogen-bond acceptors (Lipinski definition) is 5. The largest absolute Gasteiger partial charge is 0.493 e. The molecule has 1 aliphatic rings. The van der Waals surface area contributed by atoms with Crippen LogP contribution >= 0.6 is 28.7 Å². The Morgan fingerprint density at radius 2 is 1.50 bits per heavy atom. The third-order valence-corrected chi connectivity index (χ3v) is 8.12. The van der Waals surface area contributed by atoms with Crippen LogP contribution < -0.4 is 14.8 Å². The van der Waals surface area contributed by atoms with Gasteiger partial charge in [0, 0.05) is 30.1 Å². The lowest BCUT2D eigenvalue weighted by atomic mass is 10.1. The summed E-state index contributed by atoms with van der Waals surface area (Å²) in [6.07, 6.45) is 18.0. The van der Waals surface area contributed by atoms with Crippen LogP contribution in [-0.4, -0.2) is 30.4 Å². The van der Waals surface area contributed by atoms with Crippen molar-refractivity contribution in [3.8, 4) is 11.5 Å². The van der Waals surface area contributed by atoms with E-state index in [1.165, 1.54) is 81.1 Å². The fourth-order valence-corrected chi connectivity index (χ4v) is 5.56. The van der Waals surface area contributed by atoms with Crippen LogP contribution in [0, 0.1) is 0 Å². The highest BCUT2D eigenvalue weighted by molar-refractivity contribution is 8.93. The van der Waals surface area contributed by atoms with Gasteiger partial charge in [-0.3, -0.25) is 4.79 Å². The van der Waals surface area contributed by atoms with Crippen molar-refractivity contribution in [1.29, 1.82) is 0 Å². The molecule has 40 heavy (non-hydrogen) atoms. The number of amides is 1. The van der Waals surface area contributed by atoms with Gasteiger partial charge in [0.25, 0.3) is 5.91 Å². The van der Waals surface area contributed by atoms with Crippen LogP contribution in [0.2, 0.25) is 0 Å². The van der Waals surface area contributed by atoms with Crippen molar-refractivity contribution in [2.24, 2.45) is 0 Å². The number of halogens is 1. The molecule has 0 saturated heterocycles.